The molecule has 25 heavy (non-hydrogen) atoms. The van der Waals surface area contributed by atoms with Crippen molar-refractivity contribution in [2.24, 2.45) is 0 Å². The van der Waals surface area contributed by atoms with Gasteiger partial charge in [0.15, 0.2) is 5.15 Å². The van der Waals surface area contributed by atoms with E-state index in [0.29, 0.717) is 30.8 Å². The second-order valence-electron chi connectivity index (χ2n) is 7.35. The van der Waals surface area contributed by atoms with Crippen molar-refractivity contribution in [3.63, 3.8) is 0 Å². The number of aromatic nitrogens is 1. The second-order valence-corrected chi connectivity index (χ2v) is 7.71. The maximum absolute atomic E-state index is 12.1. The predicted octanol–water partition coefficient (Wildman–Crippen LogP) is 3.02. The molecule has 0 bridgehead atoms. The summed E-state index contributed by atoms with van der Waals surface area (Å²) >= 11 is 6.22. The van der Waals surface area contributed by atoms with Gasteiger partial charge in [-0.1, -0.05) is 11.6 Å². The average molecular weight is 370 g/mol. The Morgan fingerprint density at radius 3 is 2.68 bits per heavy atom. The summed E-state index contributed by atoms with van der Waals surface area (Å²) in [7, 11) is 1.32. The molecular weight excluding hydrogens is 346 g/mol. The zero-order valence-electron chi connectivity index (χ0n) is 15.2. The van der Waals surface area contributed by atoms with Crippen LogP contribution in [0.1, 0.15) is 44.5 Å². The zero-order chi connectivity index (χ0) is 18.8. The van der Waals surface area contributed by atoms with Crippen LogP contribution in [0.5, 0.6) is 0 Å². The minimum Gasteiger partial charge on any atom is -0.465 e. The van der Waals surface area contributed by atoms with Gasteiger partial charge in [0.2, 0.25) is 0 Å². The average Bonchev–Trinajstić information content (AvgIpc) is 2.85. The fourth-order valence-electron chi connectivity index (χ4n) is 2.81. The Labute approximate surface area is 152 Å². The number of anilines is 1. The van der Waals surface area contributed by atoms with Gasteiger partial charge >= 0.3 is 12.1 Å². The standard InChI is InChI=1S/C17H24ClN3O4/c1-16(2,3)25-15(23)20-17(4)7-9-21(10-17)12-11(14(22)24-5)6-8-19-13(12)18/h6,8H,7,9-10H2,1-5H3,(H,20,23)/t17-/m0/s1. The van der Waals surface area contributed by atoms with Crippen LogP contribution in [-0.2, 0) is 9.47 Å². The third kappa shape index (κ3) is 4.75. The number of hydrogen-bond acceptors (Lipinski definition) is 6. The lowest BCUT2D eigenvalue weighted by Crippen LogP contribution is -2.49. The maximum Gasteiger partial charge on any atom is 0.408 e. The predicted molar refractivity (Wildman–Crippen MR) is 95.2 cm³/mol. The minimum atomic E-state index is -0.566. The number of halogens is 1. The number of carbonyl (C=O) groups is 2. The zero-order valence-corrected chi connectivity index (χ0v) is 15.9. The Kier molecular flexibility index (Phi) is 5.46. The molecule has 0 spiro atoms. The number of carbonyl (C=O) groups excluding carboxylic acids is 2. The van der Waals surface area contributed by atoms with E-state index in [9.17, 15) is 9.59 Å². The number of rotatable bonds is 3. The summed E-state index contributed by atoms with van der Waals surface area (Å²) in [5.41, 5.74) is -0.201. The number of esters is 1. The Morgan fingerprint density at radius 1 is 1.40 bits per heavy atom. The van der Waals surface area contributed by atoms with Crippen LogP contribution in [-0.4, -0.2) is 48.4 Å². The fraction of sp³-hybridized carbons (Fsp3) is 0.588. The van der Waals surface area contributed by atoms with Gasteiger partial charge < -0.3 is 19.7 Å². The van der Waals surface area contributed by atoms with Crippen molar-refractivity contribution in [3.05, 3.63) is 23.0 Å². The molecule has 1 atom stereocenters. The summed E-state index contributed by atoms with van der Waals surface area (Å²) in [6.07, 6.45) is 1.67. The molecule has 8 heteroatoms. The number of hydrogen-bond donors (Lipinski definition) is 1. The molecule has 1 fully saturated rings. The summed E-state index contributed by atoms with van der Waals surface area (Å²) in [6.45, 7) is 8.46. The van der Waals surface area contributed by atoms with Crippen LogP contribution < -0.4 is 10.2 Å². The lowest BCUT2D eigenvalue weighted by atomic mass is 10.0. The van der Waals surface area contributed by atoms with Crippen molar-refractivity contribution in [1.82, 2.24) is 10.3 Å². The van der Waals surface area contributed by atoms with Crippen molar-refractivity contribution < 1.29 is 19.1 Å². The van der Waals surface area contributed by atoms with E-state index in [1.165, 1.54) is 13.3 Å². The van der Waals surface area contributed by atoms with Gasteiger partial charge in [0.25, 0.3) is 0 Å². The highest BCUT2D eigenvalue weighted by Crippen LogP contribution is 2.34. The van der Waals surface area contributed by atoms with Gasteiger partial charge in [-0.2, -0.15) is 0 Å². The number of pyridine rings is 1. The van der Waals surface area contributed by atoms with Crippen LogP contribution in [0.3, 0.4) is 0 Å². The first-order valence-electron chi connectivity index (χ1n) is 8.03. The molecule has 0 aliphatic carbocycles. The van der Waals surface area contributed by atoms with Crippen molar-refractivity contribution in [2.75, 3.05) is 25.1 Å². The lowest BCUT2D eigenvalue weighted by molar-refractivity contribution is 0.0472. The van der Waals surface area contributed by atoms with Crippen LogP contribution in [0.15, 0.2) is 12.3 Å². The first-order chi connectivity index (χ1) is 11.5. The summed E-state index contributed by atoms with van der Waals surface area (Å²) < 4.78 is 10.1. The molecule has 138 valence electrons. The quantitative estimate of drug-likeness (QED) is 0.651. The molecule has 1 N–H and O–H groups in total. The van der Waals surface area contributed by atoms with Crippen molar-refractivity contribution >= 4 is 29.4 Å². The number of methoxy groups -OCH3 is 1. The van der Waals surface area contributed by atoms with Gasteiger partial charge in [0, 0.05) is 19.3 Å². The minimum absolute atomic E-state index is 0.226. The summed E-state index contributed by atoms with van der Waals surface area (Å²) in [4.78, 5) is 30.1. The SMILES string of the molecule is COC(=O)c1ccnc(Cl)c1N1CC[C@](C)(NC(=O)OC(C)(C)C)C1. The maximum atomic E-state index is 12.1. The molecule has 1 aromatic rings. The molecule has 2 rings (SSSR count). The van der Waals surface area contributed by atoms with Crippen LogP contribution in [0.25, 0.3) is 0 Å². The van der Waals surface area contributed by atoms with E-state index in [1.54, 1.807) is 6.07 Å². The Balaban J connectivity index is 2.18. The van der Waals surface area contributed by atoms with Gasteiger partial charge in [0.05, 0.1) is 23.9 Å². The normalized spacial score (nSPS) is 20.3. The summed E-state index contributed by atoms with van der Waals surface area (Å²) in [5, 5.41) is 3.14. The first-order valence-corrected chi connectivity index (χ1v) is 8.41. The van der Waals surface area contributed by atoms with Gasteiger partial charge in [-0.15, -0.1) is 0 Å². The Bertz CT molecular complexity index is 674. The van der Waals surface area contributed by atoms with Crippen LogP contribution in [0, 0.1) is 0 Å². The highest BCUT2D eigenvalue weighted by molar-refractivity contribution is 6.32. The number of alkyl carbamates (subject to hydrolysis) is 1. The topological polar surface area (TPSA) is 80.8 Å². The van der Waals surface area contributed by atoms with Crippen LogP contribution in [0.4, 0.5) is 10.5 Å². The molecule has 2 heterocycles. The Morgan fingerprint density at radius 2 is 2.08 bits per heavy atom. The van der Waals surface area contributed by atoms with E-state index in [1.807, 2.05) is 32.6 Å². The number of nitrogens with one attached hydrogen (secondary N) is 1. The number of ether oxygens (including phenoxy) is 2. The molecule has 0 unspecified atom stereocenters. The summed E-state index contributed by atoms with van der Waals surface area (Å²) in [5.74, 6) is -0.479. The molecule has 0 saturated carbocycles. The largest absolute Gasteiger partial charge is 0.465 e. The second kappa shape index (κ2) is 7.07. The van der Waals surface area contributed by atoms with E-state index in [-0.39, 0.29) is 5.15 Å². The van der Waals surface area contributed by atoms with Crippen molar-refractivity contribution in [2.45, 2.75) is 45.3 Å². The smallest absolute Gasteiger partial charge is 0.408 e. The highest BCUT2D eigenvalue weighted by atomic mass is 35.5. The Hall–Kier alpha value is -2.02. The molecule has 7 nitrogen and oxygen atoms in total. The molecule has 1 saturated heterocycles. The molecule has 0 aromatic carbocycles. The van der Waals surface area contributed by atoms with Crippen molar-refractivity contribution in [3.8, 4) is 0 Å². The van der Waals surface area contributed by atoms with E-state index in [2.05, 4.69) is 10.3 Å². The van der Waals surface area contributed by atoms with Gasteiger partial charge in [-0.3, -0.25) is 0 Å². The molecule has 1 amide bonds. The van der Waals surface area contributed by atoms with E-state index >= 15 is 0 Å². The van der Waals surface area contributed by atoms with Crippen LogP contribution >= 0.6 is 11.6 Å². The highest BCUT2D eigenvalue weighted by Gasteiger charge is 2.38. The number of amides is 1. The molecular formula is C17H24ClN3O4. The lowest BCUT2D eigenvalue weighted by Gasteiger charge is -2.29. The monoisotopic (exact) mass is 369 g/mol. The molecule has 1 aliphatic rings. The number of nitrogens with zero attached hydrogens (tertiary/aromatic N) is 2. The van der Waals surface area contributed by atoms with E-state index in [4.69, 9.17) is 21.1 Å². The van der Waals surface area contributed by atoms with Gasteiger partial charge in [-0.25, -0.2) is 14.6 Å². The molecule has 0 radical (unpaired) electrons. The summed E-state index contributed by atoms with van der Waals surface area (Å²) in [6, 6.07) is 1.57. The molecule has 1 aromatic heterocycles. The first kappa shape index (κ1) is 19.3. The van der Waals surface area contributed by atoms with E-state index in [0.717, 1.165) is 0 Å². The third-order valence-corrected chi connectivity index (χ3v) is 4.15. The van der Waals surface area contributed by atoms with E-state index < -0.39 is 23.2 Å². The molecule has 1 aliphatic heterocycles. The van der Waals surface area contributed by atoms with Gasteiger partial charge in [-0.05, 0) is 40.2 Å². The van der Waals surface area contributed by atoms with Crippen molar-refractivity contribution in [1.29, 1.82) is 0 Å². The van der Waals surface area contributed by atoms with Gasteiger partial charge in [0.1, 0.15) is 5.60 Å². The fourth-order valence-corrected chi connectivity index (χ4v) is 3.09. The van der Waals surface area contributed by atoms with Crippen LogP contribution in [0.2, 0.25) is 5.15 Å². The third-order valence-electron chi connectivity index (χ3n) is 3.88.